The molecule has 2 heterocycles. The number of benzene rings is 4. The number of nitro groups is 2. The zero-order valence-corrected chi connectivity index (χ0v) is 44.9. The average Bonchev–Trinajstić information content (AvgIpc) is 3.30. The van der Waals surface area contributed by atoms with E-state index in [0.717, 1.165) is 38.8 Å². The van der Waals surface area contributed by atoms with Gasteiger partial charge in [0.05, 0.1) is 9.85 Å². The first-order valence-electron chi connectivity index (χ1n) is 22.1. The van der Waals surface area contributed by atoms with Gasteiger partial charge in [-0.05, 0) is 94.9 Å². The van der Waals surface area contributed by atoms with E-state index in [1.807, 2.05) is 12.1 Å². The van der Waals surface area contributed by atoms with E-state index in [1.54, 1.807) is 6.20 Å². The lowest BCUT2D eigenvalue weighted by molar-refractivity contribution is -0.385. The Balaban J connectivity index is 0.000000248. The number of pyridine rings is 2. The van der Waals surface area contributed by atoms with E-state index in [-0.39, 0.29) is 32.4 Å². The first kappa shape index (κ1) is 54.9. The fourth-order valence-corrected chi connectivity index (χ4v) is 17.9. The molecule has 0 bridgehead atoms. The summed E-state index contributed by atoms with van der Waals surface area (Å²) in [6.07, 6.45) is 6.63. The van der Waals surface area contributed by atoms with Crippen LogP contribution in [0.25, 0.3) is 0 Å². The summed E-state index contributed by atoms with van der Waals surface area (Å²) in [6, 6.07) is 45.4. The molecule has 0 spiro atoms. The minimum Gasteiger partial charge on any atom is -0.407 e. The fourth-order valence-electron chi connectivity index (χ4n) is 7.90. The molecule has 0 saturated carbocycles. The lowest BCUT2D eigenvalue weighted by atomic mass is 10.2. The first-order valence-corrected chi connectivity index (χ1v) is 27.9. The molecule has 0 saturated heterocycles. The van der Waals surface area contributed by atoms with Gasteiger partial charge in [0.25, 0.3) is 16.6 Å². The molecule has 6 aromatic rings. The molecule has 67 heavy (non-hydrogen) atoms. The van der Waals surface area contributed by atoms with Crippen LogP contribution >= 0.6 is 43.5 Å². The van der Waals surface area contributed by atoms with E-state index in [9.17, 15) is 20.2 Å². The summed E-state index contributed by atoms with van der Waals surface area (Å²) in [5.74, 6) is 0.288. The number of unbranched alkanes of at least 4 members (excludes halogenated alkanes) is 2. The second kappa shape index (κ2) is 26.2. The smallest absolute Gasteiger partial charge is 0.312 e. The van der Waals surface area contributed by atoms with Crippen molar-refractivity contribution >= 4 is 98.0 Å². The van der Waals surface area contributed by atoms with Crippen molar-refractivity contribution in [3.05, 3.63) is 180 Å². The molecule has 0 aliphatic carbocycles. The van der Waals surface area contributed by atoms with Crippen molar-refractivity contribution in [1.82, 2.24) is 9.97 Å². The highest BCUT2D eigenvalue weighted by Crippen LogP contribution is 2.38. The first-order chi connectivity index (χ1) is 31.9. The molecular weight excluding hydrogens is 1030 g/mol. The number of hydrogen-bond donors (Lipinski definition) is 2. The largest absolute Gasteiger partial charge is 0.407 e. The predicted octanol–water partition coefficient (Wildman–Crippen LogP) is 11.2. The molecule has 6 rings (SSSR count). The third-order valence-corrected chi connectivity index (χ3v) is 22.2. The van der Waals surface area contributed by atoms with Gasteiger partial charge in [-0.25, -0.2) is 9.97 Å². The number of hydrogen-bond acceptors (Lipinski definition) is 10. The molecule has 2 aromatic heterocycles. The van der Waals surface area contributed by atoms with Crippen LogP contribution in [0.15, 0.2) is 155 Å². The predicted molar refractivity (Wildman–Crippen MR) is 285 cm³/mol. The lowest BCUT2D eigenvalue weighted by Crippen LogP contribution is -2.66. The van der Waals surface area contributed by atoms with Crippen LogP contribution in [0, 0.1) is 20.2 Å². The van der Waals surface area contributed by atoms with Crippen LogP contribution in [0.1, 0.15) is 67.2 Å². The van der Waals surface area contributed by atoms with Crippen LogP contribution in [0.2, 0.25) is 15.2 Å². The topological polar surface area (TPSA) is 169 Å². The maximum Gasteiger partial charge on any atom is 0.312 e. The third-order valence-electron chi connectivity index (χ3n) is 10.9. The summed E-state index contributed by atoms with van der Waals surface area (Å²) in [6.45, 7) is 16.4. The van der Waals surface area contributed by atoms with E-state index in [1.165, 1.54) is 39.1 Å². The normalized spacial score (nSPS) is 11.7. The van der Waals surface area contributed by atoms with Crippen molar-refractivity contribution < 1.29 is 18.7 Å². The van der Waals surface area contributed by atoms with Crippen molar-refractivity contribution in [2.45, 2.75) is 77.3 Å². The Labute approximate surface area is 418 Å². The van der Waals surface area contributed by atoms with E-state index in [2.05, 4.69) is 198 Å². The summed E-state index contributed by atoms with van der Waals surface area (Å²) in [4.78, 5) is 28.2. The van der Waals surface area contributed by atoms with Crippen LogP contribution in [-0.2, 0) is 8.85 Å². The maximum absolute atomic E-state index is 11.3. The van der Waals surface area contributed by atoms with Crippen LogP contribution in [0.4, 0.5) is 17.2 Å². The SMILES string of the molecule is CC(C)(C)[Si](OCCCCN)(c1ccccc1)c1ccccc1.CC(C)(C)[Si](OCCCCNc1ncc(Br)cc1[N+](=O)[O-])(c1ccccc1)c1ccccc1.O=[N+]([O-])c1cc(Br)cnc1Cl. The Morgan fingerprint density at radius 2 is 0.955 bits per heavy atom. The van der Waals surface area contributed by atoms with Gasteiger partial charge in [0.2, 0.25) is 11.0 Å². The van der Waals surface area contributed by atoms with Crippen LogP contribution in [0.3, 0.4) is 0 Å². The molecule has 0 aliphatic rings. The molecule has 0 amide bonds. The number of aromatic nitrogens is 2. The van der Waals surface area contributed by atoms with E-state index in [4.69, 9.17) is 26.2 Å². The lowest BCUT2D eigenvalue weighted by Gasteiger charge is -2.43. The summed E-state index contributed by atoms with van der Waals surface area (Å²) >= 11 is 11.7. The molecule has 356 valence electrons. The van der Waals surface area contributed by atoms with Gasteiger partial charge in [-0.15, -0.1) is 0 Å². The number of anilines is 1. The Kier molecular flexibility index (Phi) is 21.5. The fraction of sp³-hybridized carbons (Fsp3) is 0.320. The third kappa shape index (κ3) is 14.9. The highest BCUT2D eigenvalue weighted by atomic mass is 79.9. The Bertz CT molecular complexity index is 2370. The quantitative estimate of drug-likeness (QED) is 0.0278. The van der Waals surface area contributed by atoms with Crippen molar-refractivity contribution in [2.24, 2.45) is 5.73 Å². The zero-order chi connectivity index (χ0) is 49.1. The summed E-state index contributed by atoms with van der Waals surface area (Å²) in [7, 11) is -4.87. The minimum absolute atomic E-state index is 0.0343. The average molecular weight is 1090 g/mol. The number of nitrogens with one attached hydrogen (secondary N) is 1. The molecule has 4 aromatic carbocycles. The Morgan fingerprint density at radius 3 is 1.30 bits per heavy atom. The van der Waals surface area contributed by atoms with Crippen molar-refractivity contribution in [3.8, 4) is 0 Å². The van der Waals surface area contributed by atoms with Gasteiger partial charge in [-0.3, -0.25) is 20.2 Å². The highest BCUT2D eigenvalue weighted by Gasteiger charge is 2.51. The van der Waals surface area contributed by atoms with Gasteiger partial charge >= 0.3 is 11.4 Å². The molecule has 0 atom stereocenters. The van der Waals surface area contributed by atoms with Gasteiger partial charge in [0, 0.05) is 53.2 Å². The highest BCUT2D eigenvalue weighted by molar-refractivity contribution is 9.10. The van der Waals surface area contributed by atoms with E-state index < -0.39 is 26.5 Å². The minimum atomic E-state index is -2.53. The number of halogens is 3. The number of rotatable bonds is 18. The van der Waals surface area contributed by atoms with Crippen molar-refractivity contribution in [3.63, 3.8) is 0 Å². The van der Waals surface area contributed by atoms with E-state index in [0.29, 0.717) is 22.1 Å². The second-order valence-corrected chi connectivity index (χ2v) is 28.5. The van der Waals surface area contributed by atoms with Crippen molar-refractivity contribution in [2.75, 3.05) is 31.6 Å². The maximum atomic E-state index is 11.3. The summed E-state index contributed by atoms with van der Waals surface area (Å²) in [5.41, 5.74) is 5.41. The Hall–Kier alpha value is -4.66. The second-order valence-electron chi connectivity index (χ2n) is 17.7. The van der Waals surface area contributed by atoms with Gasteiger partial charge in [0.15, 0.2) is 0 Å². The summed E-state index contributed by atoms with van der Waals surface area (Å²) < 4.78 is 14.7. The molecule has 12 nitrogen and oxygen atoms in total. The monoisotopic (exact) mass is 1090 g/mol. The Morgan fingerprint density at radius 1 is 0.597 bits per heavy atom. The molecule has 3 N–H and O–H groups in total. The van der Waals surface area contributed by atoms with Crippen molar-refractivity contribution in [1.29, 1.82) is 0 Å². The van der Waals surface area contributed by atoms with Crippen LogP contribution in [-0.4, -0.2) is 62.8 Å². The number of nitrogens with two attached hydrogens (primary N) is 1. The molecule has 0 fully saturated rings. The van der Waals surface area contributed by atoms with E-state index >= 15 is 0 Å². The standard InChI is InChI=1S/C25H30BrN3O3Si.C20H29NOSi.C5H2BrClN2O2/c1-25(2,3)33(21-12-6-4-7-13-21,22-14-8-5-9-15-22)32-17-11-10-16-27-24-23(29(30)31)18-20(26)19-28-24;1-20(2,3)23(22-17-11-10-16-21,18-12-6-4-7-13-18)19-14-8-5-9-15-19;6-3-1-4(9(10)11)5(7)8-2-3/h4-9,12-15,18-19H,10-11,16-17H2,1-3H3,(H,27,28);4-9,12-15H,10-11,16-17,21H2,1-3H3;1-2H. The zero-order valence-electron chi connectivity index (χ0n) is 39.0. The van der Waals surface area contributed by atoms with Gasteiger partial charge in [0.1, 0.15) is 0 Å². The van der Waals surface area contributed by atoms with Gasteiger partial charge < -0.3 is 19.9 Å². The van der Waals surface area contributed by atoms with Crippen LogP contribution in [0.5, 0.6) is 0 Å². The molecule has 0 aliphatic heterocycles. The molecule has 0 unspecified atom stereocenters. The van der Waals surface area contributed by atoms with Gasteiger partial charge in [-0.1, -0.05) is 174 Å². The van der Waals surface area contributed by atoms with Crippen LogP contribution < -0.4 is 31.8 Å². The molecular formula is C50H61Br2ClN6O6Si2. The van der Waals surface area contributed by atoms with Gasteiger partial charge in [-0.2, -0.15) is 0 Å². The summed E-state index contributed by atoms with van der Waals surface area (Å²) in [5, 5.41) is 29.7. The molecule has 0 radical (unpaired) electrons. The molecule has 17 heteroatoms. The number of nitrogens with zero attached hydrogens (tertiary/aromatic N) is 4.